The Hall–Kier alpha value is -1.14. The second kappa shape index (κ2) is 4.39. The highest BCUT2D eigenvalue weighted by molar-refractivity contribution is 5.85. The molecule has 0 aromatic heterocycles. The fraction of sp³-hybridized carbons (Fsp3) is 0.750. The van der Waals surface area contributed by atoms with Crippen molar-refractivity contribution in [3.63, 3.8) is 0 Å². The van der Waals surface area contributed by atoms with Gasteiger partial charge in [0, 0.05) is 7.05 Å². The Morgan fingerprint density at radius 3 is 2.36 bits per heavy atom. The Morgan fingerprint density at radius 1 is 1.29 bits per heavy atom. The number of hydroxylamine groups is 2. The Labute approximate surface area is 81.7 Å². The van der Waals surface area contributed by atoms with Gasteiger partial charge in [0.15, 0.2) is 0 Å². The number of carbonyl (C=O) groups excluding carboxylic acids is 2. The van der Waals surface area contributed by atoms with Crippen molar-refractivity contribution in [1.82, 2.24) is 5.06 Å². The Kier molecular flexibility index (Phi) is 3.43. The van der Waals surface area contributed by atoms with Crippen molar-refractivity contribution in [1.29, 1.82) is 0 Å². The van der Waals surface area contributed by atoms with Gasteiger partial charge in [-0.2, -0.15) is 5.06 Å². The highest BCUT2D eigenvalue weighted by Crippen LogP contribution is 2.21. The van der Waals surface area contributed by atoms with Gasteiger partial charge in [-0.25, -0.2) is 0 Å². The van der Waals surface area contributed by atoms with E-state index < -0.39 is 23.9 Å². The van der Waals surface area contributed by atoms with Crippen molar-refractivity contribution in [2.45, 2.75) is 6.04 Å². The normalized spacial score (nSPS) is 27.4. The molecule has 0 bridgehead atoms. The van der Waals surface area contributed by atoms with Crippen LogP contribution in [0.5, 0.6) is 0 Å². The first-order chi connectivity index (χ1) is 6.61. The molecule has 0 amide bonds. The van der Waals surface area contributed by atoms with Gasteiger partial charge in [0.1, 0.15) is 12.0 Å². The van der Waals surface area contributed by atoms with E-state index in [2.05, 4.69) is 9.47 Å². The number of methoxy groups -OCH3 is 2. The summed E-state index contributed by atoms with van der Waals surface area (Å²) in [5.41, 5.74) is 0. The van der Waals surface area contributed by atoms with Crippen molar-refractivity contribution >= 4 is 11.9 Å². The molecule has 0 spiro atoms. The maximum absolute atomic E-state index is 11.3. The van der Waals surface area contributed by atoms with Crippen LogP contribution in [0.2, 0.25) is 0 Å². The number of hydrogen-bond donors (Lipinski definition) is 0. The maximum atomic E-state index is 11.3. The molecule has 1 aliphatic rings. The first-order valence-electron chi connectivity index (χ1n) is 4.13. The van der Waals surface area contributed by atoms with Crippen LogP contribution in [0.25, 0.3) is 0 Å². The van der Waals surface area contributed by atoms with Gasteiger partial charge in [-0.15, -0.1) is 0 Å². The summed E-state index contributed by atoms with van der Waals surface area (Å²) in [6, 6.07) is -0.715. The zero-order valence-corrected chi connectivity index (χ0v) is 8.35. The first kappa shape index (κ1) is 10.9. The second-order valence-corrected chi connectivity index (χ2v) is 2.94. The summed E-state index contributed by atoms with van der Waals surface area (Å²) in [7, 11) is 4.11. The van der Waals surface area contributed by atoms with Crippen molar-refractivity contribution in [2.75, 3.05) is 27.9 Å². The summed E-state index contributed by atoms with van der Waals surface area (Å²) in [5.74, 6) is -1.58. The molecular weight excluding hydrogens is 190 g/mol. The zero-order valence-electron chi connectivity index (χ0n) is 8.35. The van der Waals surface area contributed by atoms with Gasteiger partial charge in [0.05, 0.1) is 20.8 Å². The summed E-state index contributed by atoms with van der Waals surface area (Å²) in [6.07, 6.45) is 0. The lowest BCUT2D eigenvalue weighted by Crippen LogP contribution is -2.41. The molecule has 0 N–H and O–H groups in total. The van der Waals surface area contributed by atoms with Gasteiger partial charge in [0.2, 0.25) is 0 Å². The summed E-state index contributed by atoms with van der Waals surface area (Å²) in [4.78, 5) is 27.6. The van der Waals surface area contributed by atoms with E-state index in [1.54, 1.807) is 7.05 Å². The third kappa shape index (κ3) is 1.85. The Morgan fingerprint density at radius 2 is 1.86 bits per heavy atom. The number of likely N-dealkylation sites (N-methyl/N-ethyl adjacent to an activating group) is 1. The molecule has 0 aromatic carbocycles. The second-order valence-electron chi connectivity index (χ2n) is 2.94. The van der Waals surface area contributed by atoms with Crippen LogP contribution >= 0.6 is 0 Å². The molecule has 2 atom stereocenters. The first-order valence-corrected chi connectivity index (χ1v) is 4.13. The van der Waals surface area contributed by atoms with Gasteiger partial charge < -0.3 is 9.47 Å². The summed E-state index contributed by atoms with van der Waals surface area (Å²) in [5, 5.41) is 1.31. The van der Waals surface area contributed by atoms with Crippen molar-refractivity contribution < 1.29 is 23.9 Å². The largest absolute Gasteiger partial charge is 0.469 e. The number of carbonyl (C=O) groups is 2. The van der Waals surface area contributed by atoms with Gasteiger partial charge in [0.25, 0.3) is 0 Å². The molecule has 1 rings (SSSR count). The number of nitrogens with zero attached hydrogens (tertiary/aromatic N) is 1. The maximum Gasteiger partial charge on any atom is 0.326 e. The van der Waals surface area contributed by atoms with Gasteiger partial charge in [-0.05, 0) is 0 Å². The van der Waals surface area contributed by atoms with E-state index >= 15 is 0 Å². The fourth-order valence-electron chi connectivity index (χ4n) is 1.40. The van der Waals surface area contributed by atoms with Crippen LogP contribution < -0.4 is 0 Å². The van der Waals surface area contributed by atoms with E-state index in [0.29, 0.717) is 0 Å². The third-order valence-corrected chi connectivity index (χ3v) is 2.18. The Bertz CT molecular complexity index is 242. The number of esters is 2. The molecule has 80 valence electrons. The minimum atomic E-state index is -0.715. The molecule has 6 heteroatoms. The lowest BCUT2D eigenvalue weighted by atomic mass is 10.0. The standard InChI is InChI=1S/C8H13NO5/c1-9-6(8(11)13-3)5(4-14-9)7(10)12-2/h5-6H,4H2,1-3H3/t5-,6-/m0/s1. The van der Waals surface area contributed by atoms with Crippen LogP contribution in [-0.2, 0) is 23.9 Å². The lowest BCUT2D eigenvalue weighted by molar-refractivity contribution is -0.164. The van der Waals surface area contributed by atoms with E-state index in [4.69, 9.17) is 4.84 Å². The highest BCUT2D eigenvalue weighted by atomic mass is 16.7. The van der Waals surface area contributed by atoms with Gasteiger partial charge in [-0.3, -0.25) is 14.4 Å². The molecule has 0 aliphatic carbocycles. The van der Waals surface area contributed by atoms with Crippen molar-refractivity contribution in [3.05, 3.63) is 0 Å². The predicted octanol–water partition coefficient (Wildman–Crippen LogP) is -0.806. The average molecular weight is 203 g/mol. The SMILES string of the molecule is COC(=O)[C@H]1CON(C)[C@@H]1C(=O)OC. The van der Waals surface area contributed by atoms with Crippen LogP contribution in [0.3, 0.4) is 0 Å². The van der Waals surface area contributed by atoms with Crippen molar-refractivity contribution in [2.24, 2.45) is 5.92 Å². The number of hydrogen-bond acceptors (Lipinski definition) is 6. The minimum absolute atomic E-state index is 0.142. The molecule has 1 fully saturated rings. The highest BCUT2D eigenvalue weighted by Gasteiger charge is 2.44. The third-order valence-electron chi connectivity index (χ3n) is 2.18. The fourth-order valence-corrected chi connectivity index (χ4v) is 1.40. The van der Waals surface area contributed by atoms with Crippen LogP contribution in [0.1, 0.15) is 0 Å². The molecule has 1 heterocycles. The molecule has 14 heavy (non-hydrogen) atoms. The quantitative estimate of drug-likeness (QED) is 0.547. The number of ether oxygens (including phenoxy) is 2. The molecular formula is C8H13NO5. The van der Waals surface area contributed by atoms with Crippen LogP contribution in [0, 0.1) is 5.92 Å². The molecule has 0 radical (unpaired) electrons. The van der Waals surface area contributed by atoms with Gasteiger partial charge in [-0.1, -0.05) is 0 Å². The monoisotopic (exact) mass is 203 g/mol. The Balaban J connectivity index is 2.76. The molecule has 0 unspecified atom stereocenters. The van der Waals surface area contributed by atoms with E-state index in [0.717, 1.165) is 0 Å². The molecule has 0 aromatic rings. The van der Waals surface area contributed by atoms with Crippen LogP contribution in [-0.4, -0.2) is 50.9 Å². The lowest BCUT2D eigenvalue weighted by Gasteiger charge is -2.17. The molecule has 0 saturated carbocycles. The topological polar surface area (TPSA) is 65.1 Å². The minimum Gasteiger partial charge on any atom is -0.469 e. The number of rotatable bonds is 2. The molecule has 1 aliphatic heterocycles. The smallest absolute Gasteiger partial charge is 0.326 e. The van der Waals surface area contributed by atoms with E-state index in [9.17, 15) is 9.59 Å². The van der Waals surface area contributed by atoms with Gasteiger partial charge >= 0.3 is 11.9 Å². The predicted molar refractivity (Wildman–Crippen MR) is 45.0 cm³/mol. The molecule has 1 saturated heterocycles. The average Bonchev–Trinajstić information content (AvgIpc) is 2.58. The zero-order chi connectivity index (χ0) is 10.7. The summed E-state index contributed by atoms with van der Waals surface area (Å²) in [6.45, 7) is 0.142. The van der Waals surface area contributed by atoms with E-state index in [-0.39, 0.29) is 6.61 Å². The van der Waals surface area contributed by atoms with Crippen LogP contribution in [0.15, 0.2) is 0 Å². The summed E-state index contributed by atoms with van der Waals surface area (Å²) < 4.78 is 9.12. The molecule has 6 nitrogen and oxygen atoms in total. The van der Waals surface area contributed by atoms with E-state index in [1.165, 1.54) is 19.3 Å². The van der Waals surface area contributed by atoms with Crippen molar-refractivity contribution in [3.8, 4) is 0 Å². The summed E-state index contributed by atoms with van der Waals surface area (Å²) >= 11 is 0. The van der Waals surface area contributed by atoms with Crippen LogP contribution in [0.4, 0.5) is 0 Å². The van der Waals surface area contributed by atoms with E-state index in [1.807, 2.05) is 0 Å².